The Balaban J connectivity index is 0.000000364. The maximum Gasteiger partial charge on any atom is 0.573 e. The third-order valence-corrected chi connectivity index (χ3v) is 6.12. The summed E-state index contributed by atoms with van der Waals surface area (Å²) >= 11 is 0. The first-order chi connectivity index (χ1) is 16.4. The summed E-state index contributed by atoms with van der Waals surface area (Å²) in [5, 5.41) is 14.7. The molecular formula is C22H22F6N2O5. The second-order valence-electron chi connectivity index (χ2n) is 8.68. The number of aromatic nitrogens is 1. The fraction of sp³-hybridized carbons (Fsp3) is 0.545. The number of nitrogens with one attached hydrogen (secondary N) is 1. The average Bonchev–Trinajstić information content (AvgIpc) is 3.19. The average molecular weight is 508 g/mol. The van der Waals surface area contributed by atoms with Gasteiger partial charge in [0, 0.05) is 29.6 Å². The van der Waals surface area contributed by atoms with Crippen molar-refractivity contribution in [2.75, 3.05) is 6.54 Å². The number of aliphatic carboxylic acids is 1. The van der Waals surface area contributed by atoms with Crippen LogP contribution < -0.4 is 10.1 Å². The first kappa shape index (κ1) is 25.3. The molecule has 35 heavy (non-hydrogen) atoms. The lowest BCUT2D eigenvalue weighted by Crippen LogP contribution is -2.34. The SMILES string of the molecule is FC(F)(F)Oc1ccccc1-c1noc(C2CC2)c1CO[C@@H]1C[C@@H]2C[C@H]1CN2.O=C(O)C(F)(F)F. The largest absolute Gasteiger partial charge is 0.573 e. The molecule has 13 heteroatoms. The lowest BCUT2D eigenvalue weighted by Gasteiger charge is -2.23. The Labute approximate surface area is 195 Å². The molecule has 7 nitrogen and oxygen atoms in total. The number of hydrogen-bond donors (Lipinski definition) is 2. The topological polar surface area (TPSA) is 93.8 Å². The van der Waals surface area contributed by atoms with Gasteiger partial charge in [0.15, 0.2) is 0 Å². The molecule has 0 unspecified atom stereocenters. The van der Waals surface area contributed by atoms with Crippen LogP contribution >= 0.6 is 0 Å². The van der Waals surface area contributed by atoms with Gasteiger partial charge in [-0.3, -0.25) is 0 Å². The third kappa shape index (κ3) is 6.26. The number of ether oxygens (including phenoxy) is 2. The number of rotatable bonds is 6. The highest BCUT2D eigenvalue weighted by atomic mass is 19.4. The molecule has 0 spiro atoms. The van der Waals surface area contributed by atoms with Crippen LogP contribution in [-0.2, 0) is 16.1 Å². The molecule has 2 N–H and O–H groups in total. The van der Waals surface area contributed by atoms with Crippen molar-refractivity contribution in [2.45, 2.75) is 62.9 Å². The van der Waals surface area contributed by atoms with E-state index in [9.17, 15) is 26.3 Å². The van der Waals surface area contributed by atoms with Crippen LogP contribution in [0.25, 0.3) is 11.3 Å². The summed E-state index contributed by atoms with van der Waals surface area (Å²) < 4.78 is 86.2. The summed E-state index contributed by atoms with van der Waals surface area (Å²) in [6.45, 7) is 1.25. The van der Waals surface area contributed by atoms with Crippen molar-refractivity contribution in [1.82, 2.24) is 10.5 Å². The number of para-hydroxylation sites is 1. The summed E-state index contributed by atoms with van der Waals surface area (Å²) in [5.74, 6) is -1.53. The molecule has 0 radical (unpaired) electrons. The zero-order chi connectivity index (χ0) is 25.4. The summed E-state index contributed by atoms with van der Waals surface area (Å²) in [6, 6.07) is 6.54. The van der Waals surface area contributed by atoms with Gasteiger partial charge >= 0.3 is 18.5 Å². The molecule has 1 aromatic carbocycles. The highest BCUT2D eigenvalue weighted by Crippen LogP contribution is 2.46. The Bertz CT molecular complexity index is 1050. The molecule has 0 amide bonds. The summed E-state index contributed by atoms with van der Waals surface area (Å²) in [7, 11) is 0. The molecule has 1 aliphatic heterocycles. The van der Waals surface area contributed by atoms with Crippen LogP contribution in [0.15, 0.2) is 28.8 Å². The second kappa shape index (κ2) is 9.69. The van der Waals surface area contributed by atoms with Gasteiger partial charge in [0.1, 0.15) is 17.2 Å². The van der Waals surface area contributed by atoms with E-state index in [1.54, 1.807) is 12.1 Å². The molecule has 2 heterocycles. The summed E-state index contributed by atoms with van der Waals surface area (Å²) in [5.41, 5.74) is 1.39. The first-order valence-corrected chi connectivity index (χ1v) is 10.9. The lowest BCUT2D eigenvalue weighted by molar-refractivity contribution is -0.274. The Morgan fingerprint density at radius 2 is 1.83 bits per heavy atom. The van der Waals surface area contributed by atoms with E-state index >= 15 is 0 Å². The van der Waals surface area contributed by atoms with Crippen molar-refractivity contribution in [2.24, 2.45) is 5.92 Å². The Hall–Kier alpha value is -2.80. The minimum atomic E-state index is -5.08. The van der Waals surface area contributed by atoms with Crippen molar-refractivity contribution >= 4 is 5.97 Å². The van der Waals surface area contributed by atoms with Crippen LogP contribution in [-0.4, -0.2) is 47.5 Å². The van der Waals surface area contributed by atoms with Gasteiger partial charge in [-0.2, -0.15) is 13.2 Å². The molecule has 1 aromatic heterocycles. The van der Waals surface area contributed by atoms with Gasteiger partial charge in [0.25, 0.3) is 0 Å². The molecule has 2 saturated carbocycles. The molecule has 3 fully saturated rings. The lowest BCUT2D eigenvalue weighted by atomic mass is 10.0. The zero-order valence-corrected chi connectivity index (χ0v) is 18.2. The van der Waals surface area contributed by atoms with E-state index in [1.165, 1.54) is 12.1 Å². The highest BCUT2D eigenvalue weighted by Gasteiger charge is 2.41. The minimum absolute atomic E-state index is 0.169. The van der Waals surface area contributed by atoms with E-state index in [1.807, 2.05) is 0 Å². The molecule has 3 aliphatic rings. The van der Waals surface area contributed by atoms with Crippen molar-refractivity contribution in [3.63, 3.8) is 0 Å². The van der Waals surface area contributed by atoms with Gasteiger partial charge < -0.3 is 24.4 Å². The highest BCUT2D eigenvalue weighted by molar-refractivity contribution is 5.73. The maximum absolute atomic E-state index is 12.8. The Kier molecular flexibility index (Phi) is 7.00. The Morgan fingerprint density at radius 3 is 2.37 bits per heavy atom. The van der Waals surface area contributed by atoms with Gasteiger partial charge in [-0.1, -0.05) is 17.3 Å². The van der Waals surface area contributed by atoms with E-state index in [2.05, 4.69) is 15.2 Å². The van der Waals surface area contributed by atoms with Crippen molar-refractivity contribution < 1.29 is 50.2 Å². The van der Waals surface area contributed by atoms with E-state index in [0.29, 0.717) is 24.3 Å². The summed E-state index contributed by atoms with van der Waals surface area (Å²) in [6.07, 6.45) is -5.59. The fourth-order valence-corrected chi connectivity index (χ4v) is 4.40. The number of halogens is 6. The number of carboxylic acid groups (broad SMARTS) is 1. The molecule has 2 aliphatic carbocycles. The number of carboxylic acids is 1. The standard InChI is InChI=1S/C20H21F3N2O3.C2HF3O2/c21-20(22,23)27-16-4-2-1-3-14(16)18-15(19(28-25-18)11-5-6-11)10-26-17-8-13-7-12(17)9-24-13;3-2(4,5)1(6)7/h1-4,11-13,17,24H,5-10H2;(H,6,7)/t12-,13-,17+;/m0./s1. The number of carbonyl (C=O) groups is 1. The van der Waals surface area contributed by atoms with Crippen LogP contribution in [0.3, 0.4) is 0 Å². The number of hydrogen-bond acceptors (Lipinski definition) is 6. The van der Waals surface area contributed by atoms with Crippen LogP contribution in [0.5, 0.6) is 5.75 Å². The van der Waals surface area contributed by atoms with Crippen molar-refractivity contribution in [3.8, 4) is 17.0 Å². The Morgan fingerprint density at radius 1 is 1.14 bits per heavy atom. The van der Waals surface area contributed by atoms with Crippen molar-refractivity contribution in [1.29, 1.82) is 0 Å². The third-order valence-electron chi connectivity index (χ3n) is 6.12. The monoisotopic (exact) mass is 508 g/mol. The number of alkyl halides is 6. The van der Waals surface area contributed by atoms with Crippen LogP contribution in [0.1, 0.15) is 42.9 Å². The molecule has 2 bridgehead atoms. The molecular weight excluding hydrogens is 486 g/mol. The predicted octanol–water partition coefficient (Wildman–Crippen LogP) is 5.02. The molecule has 5 rings (SSSR count). The van der Waals surface area contributed by atoms with Gasteiger partial charge in [-0.25, -0.2) is 4.79 Å². The number of piperidine rings is 1. The molecule has 3 atom stereocenters. The van der Waals surface area contributed by atoms with Crippen LogP contribution in [0.4, 0.5) is 26.3 Å². The quantitative estimate of drug-likeness (QED) is 0.530. The van der Waals surface area contributed by atoms with E-state index in [4.69, 9.17) is 19.2 Å². The first-order valence-electron chi connectivity index (χ1n) is 10.9. The summed E-state index contributed by atoms with van der Waals surface area (Å²) in [4.78, 5) is 8.90. The minimum Gasteiger partial charge on any atom is -0.475 e. The van der Waals surface area contributed by atoms with Gasteiger partial charge in [-0.05, 0) is 43.7 Å². The number of benzene rings is 1. The predicted molar refractivity (Wildman–Crippen MR) is 107 cm³/mol. The van der Waals surface area contributed by atoms with Gasteiger partial charge in [0.2, 0.25) is 0 Å². The normalized spacial score (nSPS) is 23.7. The molecule has 2 aromatic rings. The van der Waals surface area contributed by atoms with E-state index < -0.39 is 18.5 Å². The van der Waals surface area contributed by atoms with E-state index in [-0.39, 0.29) is 23.3 Å². The van der Waals surface area contributed by atoms with E-state index in [0.717, 1.165) is 43.6 Å². The molecule has 192 valence electrons. The fourth-order valence-electron chi connectivity index (χ4n) is 4.40. The van der Waals surface area contributed by atoms with Crippen LogP contribution in [0, 0.1) is 5.92 Å². The number of nitrogens with zero attached hydrogens (tertiary/aromatic N) is 1. The maximum atomic E-state index is 12.8. The second-order valence-corrected chi connectivity index (χ2v) is 8.68. The smallest absolute Gasteiger partial charge is 0.475 e. The van der Waals surface area contributed by atoms with Crippen LogP contribution in [0.2, 0.25) is 0 Å². The molecule has 1 saturated heterocycles. The van der Waals surface area contributed by atoms with Gasteiger partial charge in [0.05, 0.1) is 12.7 Å². The van der Waals surface area contributed by atoms with Crippen molar-refractivity contribution in [3.05, 3.63) is 35.6 Å². The number of fused-ring (bicyclic) bond motifs is 2. The van der Waals surface area contributed by atoms with Gasteiger partial charge in [-0.15, -0.1) is 13.2 Å². The zero-order valence-electron chi connectivity index (χ0n) is 18.2.